The minimum absolute atomic E-state index is 0.241. The van der Waals surface area contributed by atoms with E-state index in [0.29, 0.717) is 11.9 Å². The van der Waals surface area contributed by atoms with Crippen LogP contribution in [0.15, 0.2) is 24.3 Å². The van der Waals surface area contributed by atoms with Crippen LogP contribution in [0.5, 0.6) is 11.8 Å². The minimum atomic E-state index is 0.241. The van der Waals surface area contributed by atoms with E-state index in [2.05, 4.69) is 25.6 Å². The van der Waals surface area contributed by atoms with Crippen molar-refractivity contribution in [3.63, 3.8) is 0 Å². The molecule has 0 aliphatic heterocycles. The van der Waals surface area contributed by atoms with E-state index in [0.717, 1.165) is 11.4 Å². The molecule has 1 aromatic heterocycles. The summed E-state index contributed by atoms with van der Waals surface area (Å²) in [7, 11) is 4.85. The largest absolute Gasteiger partial charge is 0.497 e. The van der Waals surface area contributed by atoms with Gasteiger partial charge in [0.2, 0.25) is 11.9 Å². The molecule has 0 fully saturated rings. The number of nitrogens with one attached hydrogen (secondary N) is 2. The maximum absolute atomic E-state index is 5.15. The fraction of sp³-hybridized carbons (Fsp3) is 0.250. The summed E-state index contributed by atoms with van der Waals surface area (Å²) < 4.78 is 10.2. The number of methoxy groups -OCH3 is 2. The number of hydrogen-bond donors (Lipinski definition) is 2. The van der Waals surface area contributed by atoms with E-state index in [1.807, 2.05) is 24.3 Å². The van der Waals surface area contributed by atoms with Crippen LogP contribution in [0.3, 0.4) is 0 Å². The zero-order valence-electron chi connectivity index (χ0n) is 11.0. The van der Waals surface area contributed by atoms with Gasteiger partial charge in [-0.05, 0) is 12.1 Å². The average molecular weight is 261 g/mol. The van der Waals surface area contributed by atoms with Crippen molar-refractivity contribution in [1.29, 1.82) is 0 Å². The number of aromatic nitrogens is 3. The molecule has 7 heteroatoms. The van der Waals surface area contributed by atoms with Gasteiger partial charge in [-0.25, -0.2) is 0 Å². The first-order valence-corrected chi connectivity index (χ1v) is 5.64. The standard InChI is InChI=1S/C12H15N5O2/c1-13-10-15-11(17-12(16-10)19-3)14-8-5-4-6-9(7-8)18-2/h4-7H,1-3H3,(H2,13,14,15,16,17). The Bertz CT molecular complexity index is 539. The van der Waals surface area contributed by atoms with Gasteiger partial charge in [-0.2, -0.15) is 15.0 Å². The molecular weight excluding hydrogens is 246 g/mol. The Labute approximate surface area is 111 Å². The summed E-state index contributed by atoms with van der Waals surface area (Å²) in [5.41, 5.74) is 0.814. The second kappa shape index (κ2) is 5.85. The van der Waals surface area contributed by atoms with E-state index in [-0.39, 0.29) is 6.01 Å². The van der Waals surface area contributed by atoms with Gasteiger partial charge >= 0.3 is 6.01 Å². The third kappa shape index (κ3) is 3.21. The van der Waals surface area contributed by atoms with Crippen LogP contribution < -0.4 is 20.1 Å². The SMILES string of the molecule is CNc1nc(Nc2cccc(OC)c2)nc(OC)n1. The highest BCUT2D eigenvalue weighted by atomic mass is 16.5. The first-order chi connectivity index (χ1) is 9.25. The van der Waals surface area contributed by atoms with E-state index in [9.17, 15) is 0 Å². The Morgan fingerprint density at radius 3 is 2.47 bits per heavy atom. The summed E-state index contributed by atoms with van der Waals surface area (Å²) in [6.07, 6.45) is 0. The quantitative estimate of drug-likeness (QED) is 0.847. The molecule has 1 aromatic carbocycles. The predicted molar refractivity (Wildman–Crippen MR) is 72.2 cm³/mol. The molecule has 2 aromatic rings. The molecule has 0 unspecified atom stereocenters. The van der Waals surface area contributed by atoms with Crippen LogP contribution in [0.1, 0.15) is 0 Å². The highest BCUT2D eigenvalue weighted by Crippen LogP contribution is 2.20. The van der Waals surface area contributed by atoms with Crippen LogP contribution in [0.25, 0.3) is 0 Å². The van der Waals surface area contributed by atoms with Crippen LogP contribution in [-0.4, -0.2) is 36.2 Å². The lowest BCUT2D eigenvalue weighted by Crippen LogP contribution is -2.05. The first-order valence-electron chi connectivity index (χ1n) is 5.64. The highest BCUT2D eigenvalue weighted by Gasteiger charge is 2.06. The Morgan fingerprint density at radius 2 is 1.79 bits per heavy atom. The van der Waals surface area contributed by atoms with Gasteiger partial charge in [0.25, 0.3) is 0 Å². The summed E-state index contributed by atoms with van der Waals surface area (Å²) in [6, 6.07) is 7.70. The van der Waals surface area contributed by atoms with E-state index >= 15 is 0 Å². The van der Waals surface area contributed by atoms with Crippen molar-refractivity contribution in [2.45, 2.75) is 0 Å². The van der Waals surface area contributed by atoms with Gasteiger partial charge in [0.05, 0.1) is 14.2 Å². The fourth-order valence-corrected chi connectivity index (χ4v) is 1.45. The van der Waals surface area contributed by atoms with E-state index < -0.39 is 0 Å². The first kappa shape index (κ1) is 12.9. The molecule has 0 atom stereocenters. The van der Waals surface area contributed by atoms with E-state index in [4.69, 9.17) is 9.47 Å². The molecule has 0 spiro atoms. The molecule has 2 N–H and O–H groups in total. The normalized spacial score (nSPS) is 9.84. The maximum atomic E-state index is 5.15. The summed E-state index contributed by atoms with van der Waals surface area (Å²) in [5.74, 6) is 1.57. The Morgan fingerprint density at radius 1 is 1.00 bits per heavy atom. The molecule has 0 bridgehead atoms. The Hall–Kier alpha value is -2.57. The summed E-state index contributed by atoms with van der Waals surface area (Å²) in [5, 5.41) is 5.91. The lowest BCUT2D eigenvalue weighted by molar-refractivity contribution is 0.379. The van der Waals surface area contributed by atoms with Crippen molar-refractivity contribution < 1.29 is 9.47 Å². The van der Waals surface area contributed by atoms with Crippen molar-refractivity contribution in [3.8, 4) is 11.8 Å². The van der Waals surface area contributed by atoms with Crippen LogP contribution in [0.2, 0.25) is 0 Å². The smallest absolute Gasteiger partial charge is 0.322 e. The van der Waals surface area contributed by atoms with E-state index in [1.54, 1.807) is 14.2 Å². The second-order valence-corrected chi connectivity index (χ2v) is 3.58. The Kier molecular flexibility index (Phi) is 3.97. The van der Waals surface area contributed by atoms with Crippen LogP contribution in [0, 0.1) is 0 Å². The molecule has 19 heavy (non-hydrogen) atoms. The molecule has 7 nitrogen and oxygen atoms in total. The van der Waals surface area contributed by atoms with Gasteiger partial charge in [0, 0.05) is 18.8 Å². The molecule has 0 aliphatic carbocycles. The number of ether oxygens (including phenoxy) is 2. The monoisotopic (exact) mass is 261 g/mol. The molecule has 100 valence electrons. The predicted octanol–water partition coefficient (Wildman–Crippen LogP) is 1.67. The second-order valence-electron chi connectivity index (χ2n) is 3.58. The van der Waals surface area contributed by atoms with Crippen LogP contribution in [-0.2, 0) is 0 Å². The topological polar surface area (TPSA) is 81.2 Å². The molecular formula is C12H15N5O2. The van der Waals surface area contributed by atoms with Gasteiger partial charge < -0.3 is 20.1 Å². The van der Waals surface area contributed by atoms with Gasteiger partial charge in [-0.15, -0.1) is 0 Å². The molecule has 2 rings (SSSR count). The van der Waals surface area contributed by atoms with E-state index in [1.165, 1.54) is 7.11 Å². The lowest BCUT2D eigenvalue weighted by atomic mass is 10.3. The molecule has 0 radical (unpaired) electrons. The summed E-state index contributed by atoms with van der Waals surface area (Å²) >= 11 is 0. The zero-order valence-corrected chi connectivity index (χ0v) is 11.0. The maximum Gasteiger partial charge on any atom is 0.322 e. The summed E-state index contributed by atoms with van der Waals surface area (Å²) in [6.45, 7) is 0. The number of hydrogen-bond acceptors (Lipinski definition) is 7. The van der Waals surface area contributed by atoms with Crippen molar-refractivity contribution in [1.82, 2.24) is 15.0 Å². The average Bonchev–Trinajstić information content (AvgIpc) is 2.47. The van der Waals surface area contributed by atoms with Crippen LogP contribution in [0.4, 0.5) is 17.6 Å². The highest BCUT2D eigenvalue weighted by molar-refractivity contribution is 5.56. The number of nitrogens with zero attached hydrogens (tertiary/aromatic N) is 3. The third-order valence-corrected chi connectivity index (χ3v) is 2.35. The number of benzene rings is 1. The Balaban J connectivity index is 2.26. The summed E-state index contributed by atoms with van der Waals surface area (Å²) in [4.78, 5) is 12.3. The zero-order chi connectivity index (χ0) is 13.7. The fourth-order valence-electron chi connectivity index (χ4n) is 1.45. The molecule has 0 saturated heterocycles. The van der Waals surface area contributed by atoms with Crippen molar-refractivity contribution in [2.24, 2.45) is 0 Å². The lowest BCUT2D eigenvalue weighted by Gasteiger charge is -2.08. The number of rotatable bonds is 5. The van der Waals surface area contributed by atoms with Gasteiger partial charge in [-0.1, -0.05) is 6.07 Å². The molecule has 0 saturated carbocycles. The van der Waals surface area contributed by atoms with Gasteiger partial charge in [-0.3, -0.25) is 0 Å². The number of anilines is 3. The minimum Gasteiger partial charge on any atom is -0.497 e. The molecule has 0 aliphatic rings. The van der Waals surface area contributed by atoms with Crippen molar-refractivity contribution in [3.05, 3.63) is 24.3 Å². The molecule has 0 amide bonds. The molecule has 1 heterocycles. The van der Waals surface area contributed by atoms with Crippen LogP contribution >= 0.6 is 0 Å². The van der Waals surface area contributed by atoms with Gasteiger partial charge in [0.1, 0.15) is 5.75 Å². The van der Waals surface area contributed by atoms with Crippen molar-refractivity contribution >= 4 is 17.6 Å². The van der Waals surface area contributed by atoms with Crippen molar-refractivity contribution in [2.75, 3.05) is 31.9 Å². The third-order valence-electron chi connectivity index (χ3n) is 2.35. The van der Waals surface area contributed by atoms with Gasteiger partial charge in [0.15, 0.2) is 0 Å².